The molecule has 0 saturated heterocycles. The molecule has 0 saturated carbocycles. The smallest absolute Gasteiger partial charge is 0.312 e. The summed E-state index contributed by atoms with van der Waals surface area (Å²) in [7, 11) is 4.92. The highest BCUT2D eigenvalue weighted by atomic mass is 16.5. The van der Waals surface area contributed by atoms with Crippen LogP contribution in [-0.2, 0) is 18.3 Å². The number of para-hydroxylation sites is 1. The number of pyridine rings is 1. The van der Waals surface area contributed by atoms with E-state index in [4.69, 9.17) is 18.9 Å². The number of hydrogen-bond donors (Lipinski definition) is 0. The number of ether oxygens (including phenoxy) is 4. The lowest BCUT2D eigenvalue weighted by Crippen LogP contribution is -2.32. The van der Waals surface area contributed by atoms with E-state index in [1.807, 2.05) is 42.5 Å². The SMILES string of the molecule is COc1ccc(CCOc2c(OC)cccc2[C@H]2CC(=O)Oc3cc(C)n(C)c(=O)c32)cc1. The first kappa shape index (κ1) is 22.5. The van der Waals surface area contributed by atoms with Gasteiger partial charge in [-0.1, -0.05) is 24.3 Å². The summed E-state index contributed by atoms with van der Waals surface area (Å²) in [6.45, 7) is 2.20. The number of carbonyl (C=O) groups is 1. The van der Waals surface area contributed by atoms with Crippen molar-refractivity contribution in [3.63, 3.8) is 0 Å². The third kappa shape index (κ3) is 4.44. The standard InChI is InChI=1S/C26H27NO6/c1-16-14-22-24(26(29)27(16)2)20(15-23(28)33-22)19-6-5-7-21(31-4)25(19)32-13-12-17-8-10-18(30-3)11-9-17/h5-11,14,20H,12-13,15H2,1-4H3/t20-/m1/s1. The third-order valence-electron chi connectivity index (χ3n) is 6.01. The molecule has 7 nitrogen and oxygen atoms in total. The zero-order chi connectivity index (χ0) is 23.5. The van der Waals surface area contributed by atoms with Gasteiger partial charge in [-0.3, -0.25) is 9.59 Å². The summed E-state index contributed by atoms with van der Waals surface area (Å²) < 4.78 is 23.9. The zero-order valence-corrected chi connectivity index (χ0v) is 19.2. The fourth-order valence-electron chi connectivity index (χ4n) is 4.10. The number of rotatable bonds is 7. The second kappa shape index (κ2) is 9.40. The molecule has 33 heavy (non-hydrogen) atoms. The van der Waals surface area contributed by atoms with Gasteiger partial charge in [0.2, 0.25) is 0 Å². The predicted molar refractivity (Wildman–Crippen MR) is 124 cm³/mol. The van der Waals surface area contributed by atoms with Gasteiger partial charge in [0.15, 0.2) is 11.5 Å². The minimum absolute atomic E-state index is 0.0489. The molecule has 0 fully saturated rings. The number of carbonyl (C=O) groups excluding carboxylic acids is 1. The first-order chi connectivity index (χ1) is 15.9. The average Bonchev–Trinajstić information content (AvgIpc) is 2.82. The summed E-state index contributed by atoms with van der Waals surface area (Å²) in [6.07, 6.45) is 0.721. The quantitative estimate of drug-likeness (QED) is 0.511. The maximum absolute atomic E-state index is 13.1. The van der Waals surface area contributed by atoms with E-state index in [0.29, 0.717) is 41.5 Å². The second-order valence-electron chi connectivity index (χ2n) is 7.98. The topological polar surface area (TPSA) is 76.0 Å². The van der Waals surface area contributed by atoms with Crippen LogP contribution in [0.15, 0.2) is 53.3 Å². The lowest BCUT2D eigenvalue weighted by Gasteiger charge is -2.27. The van der Waals surface area contributed by atoms with Gasteiger partial charge in [0, 0.05) is 36.7 Å². The second-order valence-corrected chi connectivity index (χ2v) is 7.98. The Hall–Kier alpha value is -3.74. The molecule has 1 atom stereocenters. The number of benzene rings is 2. The van der Waals surface area contributed by atoms with Crippen LogP contribution in [0.3, 0.4) is 0 Å². The number of aromatic nitrogens is 1. The van der Waals surface area contributed by atoms with Crippen LogP contribution in [0.1, 0.15) is 34.7 Å². The van der Waals surface area contributed by atoms with Crippen molar-refractivity contribution in [2.24, 2.45) is 7.05 Å². The molecule has 1 aliphatic heterocycles. The van der Waals surface area contributed by atoms with E-state index in [-0.39, 0.29) is 17.9 Å². The van der Waals surface area contributed by atoms with Crippen LogP contribution in [0.5, 0.6) is 23.0 Å². The number of nitrogens with zero attached hydrogens (tertiary/aromatic N) is 1. The minimum atomic E-state index is -0.494. The van der Waals surface area contributed by atoms with Crippen molar-refractivity contribution in [1.29, 1.82) is 0 Å². The molecule has 0 amide bonds. The first-order valence-electron chi connectivity index (χ1n) is 10.8. The molecule has 172 valence electrons. The molecular formula is C26H27NO6. The highest BCUT2D eigenvalue weighted by Gasteiger charge is 2.34. The van der Waals surface area contributed by atoms with Crippen LogP contribution in [0.25, 0.3) is 0 Å². The molecular weight excluding hydrogens is 422 g/mol. The number of fused-ring (bicyclic) bond motifs is 1. The Morgan fingerprint density at radius 1 is 1.06 bits per heavy atom. The van der Waals surface area contributed by atoms with Crippen molar-refractivity contribution < 1.29 is 23.7 Å². The Morgan fingerprint density at radius 3 is 2.52 bits per heavy atom. The molecule has 0 bridgehead atoms. The summed E-state index contributed by atoms with van der Waals surface area (Å²) in [4.78, 5) is 25.6. The van der Waals surface area contributed by atoms with Crippen LogP contribution in [-0.4, -0.2) is 31.4 Å². The Balaban J connectivity index is 1.68. The predicted octanol–water partition coefficient (Wildman–Crippen LogP) is 3.77. The van der Waals surface area contributed by atoms with Gasteiger partial charge in [0.1, 0.15) is 11.5 Å². The van der Waals surface area contributed by atoms with Crippen molar-refractivity contribution in [2.45, 2.75) is 25.7 Å². The van der Waals surface area contributed by atoms with E-state index >= 15 is 0 Å². The minimum Gasteiger partial charge on any atom is -0.497 e. The molecule has 3 aromatic rings. The molecule has 7 heteroatoms. The van der Waals surface area contributed by atoms with E-state index in [1.165, 1.54) is 0 Å². The molecule has 1 aliphatic rings. The van der Waals surface area contributed by atoms with E-state index < -0.39 is 5.92 Å². The molecule has 0 unspecified atom stereocenters. The Kier molecular flexibility index (Phi) is 6.40. The van der Waals surface area contributed by atoms with E-state index in [0.717, 1.165) is 16.9 Å². The summed E-state index contributed by atoms with van der Waals surface area (Å²) in [5, 5.41) is 0. The Labute approximate surface area is 192 Å². The van der Waals surface area contributed by atoms with Gasteiger partial charge in [-0.2, -0.15) is 0 Å². The van der Waals surface area contributed by atoms with E-state index in [2.05, 4.69) is 0 Å². The van der Waals surface area contributed by atoms with Gasteiger partial charge in [0.25, 0.3) is 5.56 Å². The number of aryl methyl sites for hydroxylation is 1. The lowest BCUT2D eigenvalue weighted by atomic mass is 9.86. The fourth-order valence-corrected chi connectivity index (χ4v) is 4.10. The van der Waals surface area contributed by atoms with Crippen molar-refractivity contribution in [3.8, 4) is 23.0 Å². The maximum atomic E-state index is 13.1. The van der Waals surface area contributed by atoms with Gasteiger partial charge >= 0.3 is 5.97 Å². The Bertz CT molecular complexity index is 1230. The molecule has 0 aliphatic carbocycles. The molecule has 2 heterocycles. The van der Waals surface area contributed by atoms with Crippen LogP contribution in [0, 0.1) is 6.92 Å². The van der Waals surface area contributed by atoms with Crippen molar-refractivity contribution in [2.75, 3.05) is 20.8 Å². The van der Waals surface area contributed by atoms with Gasteiger partial charge in [-0.25, -0.2) is 0 Å². The van der Waals surface area contributed by atoms with Crippen molar-refractivity contribution >= 4 is 5.97 Å². The number of methoxy groups -OCH3 is 2. The molecule has 2 aromatic carbocycles. The van der Waals surface area contributed by atoms with Crippen molar-refractivity contribution in [1.82, 2.24) is 4.57 Å². The largest absolute Gasteiger partial charge is 0.497 e. The summed E-state index contributed by atoms with van der Waals surface area (Å²) in [5.41, 5.74) is 2.81. The van der Waals surface area contributed by atoms with Crippen LogP contribution >= 0.6 is 0 Å². The van der Waals surface area contributed by atoms with Crippen LogP contribution < -0.4 is 24.5 Å². The lowest BCUT2D eigenvalue weighted by molar-refractivity contribution is -0.135. The van der Waals surface area contributed by atoms with Crippen molar-refractivity contribution in [3.05, 3.63) is 81.3 Å². The summed E-state index contributed by atoms with van der Waals surface area (Å²) in [5.74, 6) is 1.31. The normalized spacial score (nSPS) is 14.9. The zero-order valence-electron chi connectivity index (χ0n) is 19.2. The summed E-state index contributed by atoms with van der Waals surface area (Å²) in [6, 6.07) is 15.0. The van der Waals surface area contributed by atoms with Crippen LogP contribution in [0.4, 0.5) is 0 Å². The Morgan fingerprint density at radius 2 is 1.82 bits per heavy atom. The average molecular weight is 450 g/mol. The highest BCUT2D eigenvalue weighted by Crippen LogP contribution is 2.43. The third-order valence-corrected chi connectivity index (χ3v) is 6.01. The molecule has 0 spiro atoms. The number of hydrogen-bond acceptors (Lipinski definition) is 6. The molecule has 1 aromatic heterocycles. The van der Waals surface area contributed by atoms with Gasteiger partial charge in [0.05, 0.1) is 32.8 Å². The number of esters is 1. The van der Waals surface area contributed by atoms with Gasteiger partial charge in [-0.05, 0) is 30.7 Å². The highest BCUT2D eigenvalue weighted by molar-refractivity contribution is 5.78. The van der Waals surface area contributed by atoms with E-state index in [9.17, 15) is 9.59 Å². The van der Waals surface area contributed by atoms with Gasteiger partial charge < -0.3 is 23.5 Å². The molecule has 0 radical (unpaired) electrons. The molecule has 4 rings (SSSR count). The van der Waals surface area contributed by atoms with E-state index in [1.54, 1.807) is 38.8 Å². The van der Waals surface area contributed by atoms with Gasteiger partial charge in [-0.15, -0.1) is 0 Å². The monoisotopic (exact) mass is 449 g/mol. The maximum Gasteiger partial charge on any atom is 0.312 e. The van der Waals surface area contributed by atoms with Crippen LogP contribution in [0.2, 0.25) is 0 Å². The summed E-state index contributed by atoms with van der Waals surface area (Å²) >= 11 is 0. The first-order valence-corrected chi connectivity index (χ1v) is 10.8. The fraction of sp³-hybridized carbons (Fsp3) is 0.308. The molecule has 0 N–H and O–H groups in total.